The number of carbonyl (C=O) groups excluding carboxylic acids is 2. The molecule has 5 nitrogen and oxygen atoms in total. The van der Waals surface area contributed by atoms with E-state index in [1.807, 2.05) is 11.4 Å². The zero-order valence-corrected chi connectivity index (χ0v) is 16.5. The zero-order valence-electron chi connectivity index (χ0n) is 14.9. The highest BCUT2D eigenvalue weighted by molar-refractivity contribution is 7.16. The molecule has 7 heteroatoms. The lowest BCUT2D eigenvalue weighted by molar-refractivity contribution is 0.0997. The van der Waals surface area contributed by atoms with Crippen LogP contribution in [0.1, 0.15) is 43.1 Å². The number of likely N-dealkylation sites (N-methyl/N-ethyl adjacent to an activating group) is 1. The molecule has 0 radical (unpaired) electrons. The molecule has 3 heterocycles. The predicted octanol–water partition coefficient (Wildman–Crippen LogP) is 4.07. The Balaban J connectivity index is 1.56. The third-order valence-electron chi connectivity index (χ3n) is 4.64. The van der Waals surface area contributed by atoms with E-state index in [9.17, 15) is 9.59 Å². The number of rotatable bonds is 5. The maximum absolute atomic E-state index is 12.8. The summed E-state index contributed by atoms with van der Waals surface area (Å²) in [6, 6.07) is 10.5. The van der Waals surface area contributed by atoms with Crippen molar-refractivity contribution >= 4 is 39.5 Å². The number of nitrogens with zero attached hydrogens (tertiary/aromatic N) is 2. The zero-order chi connectivity index (χ0) is 18.8. The lowest BCUT2D eigenvalue weighted by Crippen LogP contribution is -2.29. The van der Waals surface area contributed by atoms with Crippen molar-refractivity contribution in [3.63, 3.8) is 0 Å². The summed E-state index contributed by atoms with van der Waals surface area (Å²) in [5.41, 5.74) is 1.86. The number of nitrogens with one attached hydrogen (secondary N) is 1. The Labute approximate surface area is 165 Å². The molecule has 1 aromatic carbocycles. The van der Waals surface area contributed by atoms with Crippen molar-refractivity contribution in [2.75, 3.05) is 18.4 Å². The van der Waals surface area contributed by atoms with E-state index >= 15 is 0 Å². The molecule has 0 aliphatic carbocycles. The summed E-state index contributed by atoms with van der Waals surface area (Å²) in [6.45, 7) is 5.04. The molecule has 0 spiro atoms. The van der Waals surface area contributed by atoms with E-state index in [0.717, 1.165) is 31.7 Å². The quantitative estimate of drug-likeness (QED) is 0.660. The summed E-state index contributed by atoms with van der Waals surface area (Å²) in [5.74, 6) is -0.429. The SMILES string of the molecule is CCN1CCc2nc(NC(=O)c3ccccc3C(=O)c3cccs3)sc2C1. The predicted molar refractivity (Wildman–Crippen MR) is 109 cm³/mol. The van der Waals surface area contributed by atoms with Crippen LogP contribution in [0.25, 0.3) is 0 Å². The van der Waals surface area contributed by atoms with Crippen LogP contribution in [-0.2, 0) is 13.0 Å². The normalized spacial score (nSPS) is 14.0. The smallest absolute Gasteiger partial charge is 0.258 e. The topological polar surface area (TPSA) is 62.3 Å². The van der Waals surface area contributed by atoms with Gasteiger partial charge in [0.05, 0.1) is 16.1 Å². The Morgan fingerprint density at radius 2 is 2.00 bits per heavy atom. The first-order valence-corrected chi connectivity index (χ1v) is 10.5. The summed E-state index contributed by atoms with van der Waals surface area (Å²) in [5, 5.41) is 5.35. The number of hydrogen-bond acceptors (Lipinski definition) is 6. The number of fused-ring (bicyclic) bond motifs is 1. The molecule has 2 aromatic heterocycles. The first-order chi connectivity index (χ1) is 13.2. The lowest BCUT2D eigenvalue weighted by Gasteiger charge is -2.23. The Kier molecular flexibility index (Phi) is 5.15. The van der Waals surface area contributed by atoms with Gasteiger partial charge in [0.1, 0.15) is 0 Å². The average molecular weight is 398 g/mol. The number of benzene rings is 1. The minimum atomic E-state index is -0.297. The number of amides is 1. The van der Waals surface area contributed by atoms with Gasteiger partial charge in [0.2, 0.25) is 5.78 Å². The van der Waals surface area contributed by atoms with Crippen molar-refractivity contribution in [2.45, 2.75) is 19.9 Å². The van der Waals surface area contributed by atoms with Gasteiger partial charge in [0.15, 0.2) is 5.13 Å². The number of aromatic nitrogens is 1. The molecule has 1 aliphatic heterocycles. The molecule has 4 rings (SSSR count). The van der Waals surface area contributed by atoms with Crippen molar-refractivity contribution in [2.24, 2.45) is 0 Å². The molecule has 3 aromatic rings. The van der Waals surface area contributed by atoms with Gasteiger partial charge in [-0.05, 0) is 24.1 Å². The largest absolute Gasteiger partial charge is 0.298 e. The van der Waals surface area contributed by atoms with Gasteiger partial charge in [-0.2, -0.15) is 0 Å². The molecular formula is C20H19N3O2S2. The van der Waals surface area contributed by atoms with Crippen LogP contribution in [0.2, 0.25) is 0 Å². The van der Waals surface area contributed by atoms with Gasteiger partial charge in [0, 0.05) is 30.0 Å². The lowest BCUT2D eigenvalue weighted by atomic mass is 10.0. The van der Waals surface area contributed by atoms with Gasteiger partial charge < -0.3 is 0 Å². The Hall–Kier alpha value is -2.35. The van der Waals surface area contributed by atoms with Crippen molar-refractivity contribution < 1.29 is 9.59 Å². The van der Waals surface area contributed by atoms with Crippen LogP contribution < -0.4 is 5.32 Å². The molecule has 27 heavy (non-hydrogen) atoms. The van der Waals surface area contributed by atoms with E-state index in [2.05, 4.69) is 22.1 Å². The number of anilines is 1. The van der Waals surface area contributed by atoms with Crippen LogP contribution in [0.3, 0.4) is 0 Å². The van der Waals surface area contributed by atoms with E-state index in [1.165, 1.54) is 27.6 Å². The van der Waals surface area contributed by atoms with Crippen molar-refractivity contribution in [1.82, 2.24) is 9.88 Å². The number of hydrogen-bond donors (Lipinski definition) is 1. The van der Waals surface area contributed by atoms with E-state index in [1.54, 1.807) is 30.3 Å². The Morgan fingerprint density at radius 3 is 2.74 bits per heavy atom. The minimum Gasteiger partial charge on any atom is -0.298 e. The first kappa shape index (κ1) is 18.0. The monoisotopic (exact) mass is 397 g/mol. The summed E-state index contributed by atoms with van der Waals surface area (Å²) in [6.07, 6.45) is 0.906. The molecule has 0 bridgehead atoms. The van der Waals surface area contributed by atoms with Crippen LogP contribution in [0, 0.1) is 0 Å². The second-order valence-electron chi connectivity index (χ2n) is 6.31. The van der Waals surface area contributed by atoms with Crippen LogP contribution in [0.5, 0.6) is 0 Å². The Morgan fingerprint density at radius 1 is 1.19 bits per heavy atom. The van der Waals surface area contributed by atoms with Crippen LogP contribution in [0.4, 0.5) is 5.13 Å². The van der Waals surface area contributed by atoms with Gasteiger partial charge in [-0.1, -0.05) is 31.2 Å². The summed E-state index contributed by atoms with van der Waals surface area (Å²) >= 11 is 2.90. The fraction of sp³-hybridized carbons (Fsp3) is 0.250. The molecule has 0 fully saturated rings. The van der Waals surface area contributed by atoms with Gasteiger partial charge in [-0.25, -0.2) is 4.98 Å². The van der Waals surface area contributed by atoms with Gasteiger partial charge in [0.25, 0.3) is 5.91 Å². The molecule has 1 aliphatic rings. The highest BCUT2D eigenvalue weighted by Crippen LogP contribution is 2.29. The fourth-order valence-electron chi connectivity index (χ4n) is 3.16. The molecule has 1 N–H and O–H groups in total. The highest BCUT2D eigenvalue weighted by Gasteiger charge is 2.22. The molecule has 0 unspecified atom stereocenters. The van der Waals surface area contributed by atoms with Gasteiger partial charge in [-0.3, -0.25) is 19.8 Å². The maximum atomic E-state index is 12.8. The molecule has 1 amide bonds. The Bertz CT molecular complexity index is 979. The molecule has 0 saturated heterocycles. The fourth-order valence-corrected chi connectivity index (χ4v) is 4.88. The first-order valence-electron chi connectivity index (χ1n) is 8.85. The van der Waals surface area contributed by atoms with E-state index < -0.39 is 0 Å². The average Bonchev–Trinajstić information content (AvgIpc) is 3.36. The third-order valence-corrected chi connectivity index (χ3v) is 6.51. The number of ketones is 1. The molecule has 138 valence electrons. The van der Waals surface area contributed by atoms with E-state index in [4.69, 9.17) is 0 Å². The molecule has 0 atom stereocenters. The van der Waals surface area contributed by atoms with Crippen molar-refractivity contribution in [1.29, 1.82) is 0 Å². The van der Waals surface area contributed by atoms with Crippen molar-refractivity contribution in [3.05, 3.63) is 68.4 Å². The number of thiophene rings is 1. The van der Waals surface area contributed by atoms with Gasteiger partial charge >= 0.3 is 0 Å². The highest BCUT2D eigenvalue weighted by atomic mass is 32.1. The summed E-state index contributed by atoms with van der Waals surface area (Å²) in [7, 11) is 0. The van der Waals surface area contributed by atoms with Crippen LogP contribution in [-0.4, -0.2) is 34.7 Å². The third kappa shape index (κ3) is 3.71. The second kappa shape index (κ2) is 7.72. The number of thiazole rings is 1. The van der Waals surface area contributed by atoms with E-state index in [0.29, 0.717) is 21.1 Å². The molecular weight excluding hydrogens is 378 g/mol. The van der Waals surface area contributed by atoms with Crippen LogP contribution >= 0.6 is 22.7 Å². The van der Waals surface area contributed by atoms with Crippen LogP contribution in [0.15, 0.2) is 41.8 Å². The maximum Gasteiger partial charge on any atom is 0.258 e. The second-order valence-corrected chi connectivity index (χ2v) is 8.35. The summed E-state index contributed by atoms with van der Waals surface area (Å²) in [4.78, 5) is 34.3. The minimum absolute atomic E-state index is 0.132. The molecule has 0 saturated carbocycles. The van der Waals surface area contributed by atoms with Crippen molar-refractivity contribution in [3.8, 4) is 0 Å². The number of carbonyl (C=O) groups is 2. The van der Waals surface area contributed by atoms with E-state index in [-0.39, 0.29) is 11.7 Å². The van der Waals surface area contributed by atoms with Gasteiger partial charge in [-0.15, -0.1) is 22.7 Å². The summed E-state index contributed by atoms with van der Waals surface area (Å²) < 4.78 is 0. The standard InChI is InChI=1S/C20H19N3O2S2/c1-2-23-10-9-15-17(12-23)27-20(21-15)22-19(25)14-7-4-3-6-13(14)18(24)16-8-5-11-26-16/h3-8,11H,2,9-10,12H2,1H3,(H,21,22,25).